The quantitative estimate of drug-likeness (QED) is 0.890. The number of anilines is 1. The summed E-state index contributed by atoms with van der Waals surface area (Å²) >= 11 is 0. The Hall–Kier alpha value is -1.22. The monoisotopic (exact) mass is 248 g/mol. The number of piperidine rings is 1. The van der Waals surface area contributed by atoms with Crippen molar-refractivity contribution < 1.29 is 4.74 Å². The Morgan fingerprint density at radius 1 is 1.44 bits per heavy atom. The second-order valence-electron chi connectivity index (χ2n) is 5.55. The molecule has 1 aromatic carbocycles. The molecule has 0 aromatic heterocycles. The molecule has 0 saturated carbocycles. The highest BCUT2D eigenvalue weighted by molar-refractivity contribution is 5.51. The lowest BCUT2D eigenvalue weighted by molar-refractivity contribution is 0.271. The van der Waals surface area contributed by atoms with Gasteiger partial charge in [0.05, 0.1) is 6.61 Å². The van der Waals surface area contributed by atoms with Crippen LogP contribution in [0.3, 0.4) is 0 Å². The molecule has 1 aliphatic heterocycles. The lowest BCUT2D eigenvalue weighted by Crippen LogP contribution is -2.42. The van der Waals surface area contributed by atoms with Crippen molar-refractivity contribution in [2.24, 2.45) is 11.7 Å². The van der Waals surface area contributed by atoms with Gasteiger partial charge in [0.25, 0.3) is 0 Å². The lowest BCUT2D eigenvalue weighted by atomic mass is 10.1. The molecule has 0 spiro atoms. The fourth-order valence-electron chi connectivity index (χ4n) is 2.28. The van der Waals surface area contributed by atoms with Crippen LogP contribution in [0.2, 0.25) is 0 Å². The van der Waals surface area contributed by atoms with Crippen molar-refractivity contribution in [3.63, 3.8) is 0 Å². The Morgan fingerprint density at radius 3 is 3.00 bits per heavy atom. The standard InChI is InChI=1S/C15H24N2O/c1-12(2)11-18-15-7-3-6-14(9-15)17-8-4-5-13(16)10-17/h3,6-7,9,12-13H,4-5,8,10-11,16H2,1-2H3. The molecule has 2 N–H and O–H groups in total. The normalized spacial score (nSPS) is 20.2. The second kappa shape index (κ2) is 6.10. The number of nitrogens with two attached hydrogens (primary N) is 1. The third-order valence-corrected chi connectivity index (χ3v) is 3.22. The van der Waals surface area contributed by atoms with Crippen molar-refractivity contribution in [2.75, 3.05) is 24.6 Å². The lowest BCUT2D eigenvalue weighted by Gasteiger charge is -2.32. The SMILES string of the molecule is CC(C)COc1cccc(N2CCCC(N)C2)c1. The van der Waals surface area contributed by atoms with Crippen molar-refractivity contribution in [1.82, 2.24) is 0 Å². The molecule has 1 heterocycles. The number of ether oxygens (including phenoxy) is 1. The van der Waals surface area contributed by atoms with E-state index in [4.69, 9.17) is 10.5 Å². The van der Waals surface area contributed by atoms with Crippen LogP contribution >= 0.6 is 0 Å². The van der Waals surface area contributed by atoms with E-state index in [0.717, 1.165) is 31.9 Å². The van der Waals surface area contributed by atoms with Crippen LogP contribution in [0, 0.1) is 5.92 Å². The van der Waals surface area contributed by atoms with Gasteiger partial charge in [-0.15, -0.1) is 0 Å². The van der Waals surface area contributed by atoms with Crippen LogP contribution in [0.4, 0.5) is 5.69 Å². The number of hydrogen-bond donors (Lipinski definition) is 1. The summed E-state index contributed by atoms with van der Waals surface area (Å²) in [7, 11) is 0. The summed E-state index contributed by atoms with van der Waals surface area (Å²) in [6.07, 6.45) is 2.32. The maximum Gasteiger partial charge on any atom is 0.121 e. The highest BCUT2D eigenvalue weighted by atomic mass is 16.5. The summed E-state index contributed by atoms with van der Waals surface area (Å²) in [5, 5.41) is 0. The van der Waals surface area contributed by atoms with Crippen LogP contribution in [-0.4, -0.2) is 25.7 Å². The number of benzene rings is 1. The van der Waals surface area contributed by atoms with Gasteiger partial charge in [-0.05, 0) is 30.9 Å². The minimum atomic E-state index is 0.305. The maximum absolute atomic E-state index is 6.03. The van der Waals surface area contributed by atoms with Gasteiger partial charge in [-0.2, -0.15) is 0 Å². The van der Waals surface area contributed by atoms with Crippen molar-refractivity contribution >= 4 is 5.69 Å². The van der Waals surface area contributed by atoms with E-state index in [1.807, 2.05) is 6.07 Å². The third-order valence-electron chi connectivity index (χ3n) is 3.22. The first-order valence-corrected chi connectivity index (χ1v) is 6.88. The number of rotatable bonds is 4. The summed E-state index contributed by atoms with van der Waals surface area (Å²) in [5.41, 5.74) is 7.25. The van der Waals surface area contributed by atoms with E-state index < -0.39 is 0 Å². The zero-order chi connectivity index (χ0) is 13.0. The van der Waals surface area contributed by atoms with Crippen LogP contribution in [0.15, 0.2) is 24.3 Å². The van der Waals surface area contributed by atoms with E-state index in [1.54, 1.807) is 0 Å². The van der Waals surface area contributed by atoms with Crippen LogP contribution < -0.4 is 15.4 Å². The molecule has 18 heavy (non-hydrogen) atoms. The van der Waals surface area contributed by atoms with Gasteiger partial charge >= 0.3 is 0 Å². The molecule has 0 amide bonds. The first-order chi connectivity index (χ1) is 8.65. The zero-order valence-corrected chi connectivity index (χ0v) is 11.4. The predicted molar refractivity (Wildman–Crippen MR) is 76.2 cm³/mol. The van der Waals surface area contributed by atoms with Crippen LogP contribution in [0.25, 0.3) is 0 Å². The molecule has 3 nitrogen and oxygen atoms in total. The minimum absolute atomic E-state index is 0.305. The molecule has 1 fully saturated rings. The highest BCUT2D eigenvalue weighted by Gasteiger charge is 2.17. The summed E-state index contributed by atoms with van der Waals surface area (Å²) in [6.45, 7) is 7.14. The Labute approximate surface area is 110 Å². The highest BCUT2D eigenvalue weighted by Crippen LogP contribution is 2.24. The molecule has 0 radical (unpaired) electrons. The summed E-state index contributed by atoms with van der Waals surface area (Å²) in [4.78, 5) is 2.36. The number of hydrogen-bond acceptors (Lipinski definition) is 3. The summed E-state index contributed by atoms with van der Waals surface area (Å²) in [6, 6.07) is 8.65. The molecule has 0 bridgehead atoms. The van der Waals surface area contributed by atoms with E-state index in [9.17, 15) is 0 Å². The molecule has 1 aliphatic rings. The molecule has 1 saturated heterocycles. The molecule has 3 heteroatoms. The zero-order valence-electron chi connectivity index (χ0n) is 11.4. The van der Waals surface area contributed by atoms with E-state index in [0.29, 0.717) is 12.0 Å². The van der Waals surface area contributed by atoms with Gasteiger partial charge in [0.2, 0.25) is 0 Å². The molecule has 1 unspecified atom stereocenters. The molecular formula is C15H24N2O. The van der Waals surface area contributed by atoms with Crippen molar-refractivity contribution in [3.05, 3.63) is 24.3 Å². The van der Waals surface area contributed by atoms with Gasteiger partial charge in [-0.1, -0.05) is 19.9 Å². The van der Waals surface area contributed by atoms with E-state index in [2.05, 4.69) is 36.9 Å². The average Bonchev–Trinajstić information content (AvgIpc) is 2.37. The second-order valence-corrected chi connectivity index (χ2v) is 5.55. The fraction of sp³-hybridized carbons (Fsp3) is 0.600. The molecule has 1 aromatic rings. The largest absolute Gasteiger partial charge is 0.493 e. The van der Waals surface area contributed by atoms with Gasteiger partial charge in [0, 0.05) is 30.9 Å². The van der Waals surface area contributed by atoms with Gasteiger partial charge in [-0.3, -0.25) is 0 Å². The van der Waals surface area contributed by atoms with E-state index >= 15 is 0 Å². The van der Waals surface area contributed by atoms with Gasteiger partial charge in [0.15, 0.2) is 0 Å². The summed E-state index contributed by atoms with van der Waals surface area (Å²) < 4.78 is 5.77. The maximum atomic E-state index is 6.03. The first-order valence-electron chi connectivity index (χ1n) is 6.88. The van der Waals surface area contributed by atoms with Crippen molar-refractivity contribution in [1.29, 1.82) is 0 Å². The van der Waals surface area contributed by atoms with Crippen molar-refractivity contribution in [2.45, 2.75) is 32.7 Å². The topological polar surface area (TPSA) is 38.5 Å². The molecule has 2 rings (SSSR count). The Kier molecular flexibility index (Phi) is 4.48. The smallest absolute Gasteiger partial charge is 0.121 e. The Bertz CT molecular complexity index is 379. The Balaban J connectivity index is 2.02. The van der Waals surface area contributed by atoms with E-state index in [1.165, 1.54) is 12.1 Å². The minimum Gasteiger partial charge on any atom is -0.493 e. The number of nitrogens with zero attached hydrogens (tertiary/aromatic N) is 1. The van der Waals surface area contributed by atoms with Crippen LogP contribution in [-0.2, 0) is 0 Å². The van der Waals surface area contributed by atoms with Crippen molar-refractivity contribution in [3.8, 4) is 5.75 Å². The van der Waals surface area contributed by atoms with Gasteiger partial charge < -0.3 is 15.4 Å². The van der Waals surface area contributed by atoms with Crippen LogP contribution in [0.1, 0.15) is 26.7 Å². The van der Waals surface area contributed by atoms with Crippen LogP contribution in [0.5, 0.6) is 5.75 Å². The Morgan fingerprint density at radius 2 is 2.28 bits per heavy atom. The average molecular weight is 248 g/mol. The molecular weight excluding hydrogens is 224 g/mol. The molecule has 100 valence electrons. The molecule has 1 atom stereocenters. The predicted octanol–water partition coefficient (Wildman–Crippen LogP) is 2.65. The van der Waals surface area contributed by atoms with Gasteiger partial charge in [0.1, 0.15) is 5.75 Å². The third kappa shape index (κ3) is 3.64. The fourth-order valence-corrected chi connectivity index (χ4v) is 2.28. The van der Waals surface area contributed by atoms with E-state index in [-0.39, 0.29) is 0 Å². The molecule has 0 aliphatic carbocycles. The summed E-state index contributed by atoms with van der Waals surface area (Å²) in [5.74, 6) is 1.51. The first kappa shape index (κ1) is 13.2. The van der Waals surface area contributed by atoms with Gasteiger partial charge in [-0.25, -0.2) is 0 Å².